The molecule has 0 radical (unpaired) electrons. The number of nitrogens with one attached hydrogen (secondary N) is 1. The van der Waals surface area contributed by atoms with E-state index in [-0.39, 0.29) is 18.9 Å². The highest BCUT2D eigenvalue weighted by Gasteiger charge is 2.15. The summed E-state index contributed by atoms with van der Waals surface area (Å²) in [6, 6.07) is 18.3. The zero-order chi connectivity index (χ0) is 22.7. The first-order chi connectivity index (χ1) is 15.5. The van der Waals surface area contributed by atoms with Crippen LogP contribution >= 0.6 is 0 Å². The lowest BCUT2D eigenvalue weighted by atomic mass is 10.00. The maximum atomic E-state index is 11.1. The van der Waals surface area contributed by atoms with Gasteiger partial charge >= 0.3 is 5.97 Å². The average molecular weight is 430 g/mol. The van der Waals surface area contributed by atoms with E-state index in [1.54, 1.807) is 43.7 Å². The number of rotatable bonds is 8. The van der Waals surface area contributed by atoms with E-state index < -0.39 is 5.97 Å². The maximum Gasteiger partial charge on any atom is 0.307 e. The number of nitrogen functional groups attached to an aromatic ring is 1. The minimum absolute atomic E-state index is 0.00248. The van der Waals surface area contributed by atoms with E-state index in [9.17, 15) is 4.79 Å². The highest BCUT2D eigenvalue weighted by Crippen LogP contribution is 2.36. The standard InChI is InChI=1S/C25H22N2O5/c1-30-22-11-18(15-6-4-7-17(9-15)25(26)27)10-20-19(14-32-24(20)22)13-31-21-8-3-2-5-16(21)12-23(28)29/h2-11,14H,12-13H2,1H3,(H3,26,27)(H,28,29). The molecule has 1 heterocycles. The van der Waals surface area contributed by atoms with Crippen LogP contribution in [0.5, 0.6) is 11.5 Å². The molecule has 1 aromatic heterocycles. The van der Waals surface area contributed by atoms with Gasteiger partial charge in [0.15, 0.2) is 11.3 Å². The van der Waals surface area contributed by atoms with Crippen LogP contribution in [0.2, 0.25) is 0 Å². The second kappa shape index (κ2) is 8.85. The van der Waals surface area contributed by atoms with Crippen molar-refractivity contribution < 1.29 is 23.8 Å². The van der Waals surface area contributed by atoms with Crippen LogP contribution in [0.25, 0.3) is 22.1 Å². The van der Waals surface area contributed by atoms with Crippen LogP contribution in [0.1, 0.15) is 16.7 Å². The zero-order valence-corrected chi connectivity index (χ0v) is 17.4. The lowest BCUT2D eigenvalue weighted by Gasteiger charge is -2.11. The van der Waals surface area contributed by atoms with E-state index in [1.807, 2.05) is 30.3 Å². The number of fused-ring (bicyclic) bond motifs is 1. The maximum absolute atomic E-state index is 11.1. The molecule has 0 spiro atoms. The molecule has 0 aliphatic carbocycles. The first-order valence-electron chi connectivity index (χ1n) is 9.91. The van der Waals surface area contributed by atoms with E-state index in [4.69, 9.17) is 30.1 Å². The molecule has 0 atom stereocenters. The number of nitrogens with two attached hydrogens (primary N) is 1. The summed E-state index contributed by atoms with van der Waals surface area (Å²) in [6.45, 7) is 0.198. The molecule has 0 saturated carbocycles. The average Bonchev–Trinajstić information content (AvgIpc) is 3.20. The molecule has 0 amide bonds. The van der Waals surface area contributed by atoms with Crippen molar-refractivity contribution in [2.75, 3.05) is 7.11 Å². The number of hydrogen-bond acceptors (Lipinski definition) is 5. The van der Waals surface area contributed by atoms with E-state index in [0.29, 0.717) is 28.2 Å². The Morgan fingerprint density at radius 3 is 2.59 bits per heavy atom. The van der Waals surface area contributed by atoms with E-state index in [2.05, 4.69) is 0 Å². The number of furan rings is 1. The molecule has 3 aromatic carbocycles. The molecule has 0 fully saturated rings. The molecule has 0 aliphatic rings. The summed E-state index contributed by atoms with van der Waals surface area (Å²) < 4.78 is 17.2. The minimum Gasteiger partial charge on any atom is -0.493 e. The second-order valence-corrected chi connectivity index (χ2v) is 7.28. The Morgan fingerprint density at radius 2 is 1.84 bits per heavy atom. The van der Waals surface area contributed by atoms with E-state index >= 15 is 0 Å². The number of amidine groups is 1. The summed E-state index contributed by atoms with van der Waals surface area (Å²) in [5, 5.41) is 17.6. The molecule has 162 valence electrons. The van der Waals surface area contributed by atoms with Crippen LogP contribution in [0.3, 0.4) is 0 Å². The molecule has 0 aliphatic heterocycles. The first kappa shape index (κ1) is 21.0. The predicted octanol–water partition coefficient (Wildman–Crippen LogP) is 4.60. The van der Waals surface area contributed by atoms with Crippen molar-refractivity contribution in [2.24, 2.45) is 5.73 Å². The number of methoxy groups -OCH3 is 1. The summed E-state index contributed by atoms with van der Waals surface area (Å²) in [5.41, 5.74) is 10.0. The summed E-state index contributed by atoms with van der Waals surface area (Å²) in [6.07, 6.45) is 1.50. The Kier molecular flexibility index (Phi) is 5.81. The van der Waals surface area contributed by atoms with Gasteiger partial charge in [-0.15, -0.1) is 0 Å². The van der Waals surface area contributed by atoms with Crippen molar-refractivity contribution >= 4 is 22.8 Å². The van der Waals surface area contributed by atoms with Crippen LogP contribution in [0.4, 0.5) is 0 Å². The lowest BCUT2D eigenvalue weighted by Crippen LogP contribution is -2.10. The molecular weight excluding hydrogens is 408 g/mol. The first-order valence-corrected chi connectivity index (χ1v) is 9.91. The van der Waals surface area contributed by atoms with Crippen molar-refractivity contribution in [1.82, 2.24) is 0 Å². The smallest absolute Gasteiger partial charge is 0.307 e. The van der Waals surface area contributed by atoms with Gasteiger partial charge in [-0.1, -0.05) is 36.4 Å². The molecule has 4 aromatic rings. The van der Waals surface area contributed by atoms with Gasteiger partial charge in [0, 0.05) is 22.1 Å². The number of aliphatic carboxylic acids is 1. The summed E-state index contributed by atoms with van der Waals surface area (Å²) in [7, 11) is 1.57. The van der Waals surface area contributed by atoms with Crippen molar-refractivity contribution in [3.05, 3.63) is 83.6 Å². The Balaban J connectivity index is 1.70. The van der Waals surface area contributed by atoms with Crippen LogP contribution in [-0.2, 0) is 17.8 Å². The molecule has 0 bridgehead atoms. The minimum atomic E-state index is -0.919. The Morgan fingerprint density at radius 1 is 1.03 bits per heavy atom. The van der Waals surface area contributed by atoms with Gasteiger partial charge in [-0.25, -0.2) is 0 Å². The van der Waals surface area contributed by atoms with Gasteiger partial charge in [0.25, 0.3) is 0 Å². The predicted molar refractivity (Wildman–Crippen MR) is 121 cm³/mol. The third-order valence-electron chi connectivity index (χ3n) is 5.14. The number of carboxylic acids is 1. The summed E-state index contributed by atoms with van der Waals surface area (Å²) in [4.78, 5) is 11.1. The van der Waals surface area contributed by atoms with Crippen molar-refractivity contribution in [3.63, 3.8) is 0 Å². The van der Waals surface area contributed by atoms with Crippen molar-refractivity contribution in [3.8, 4) is 22.6 Å². The van der Waals surface area contributed by atoms with Gasteiger partial charge in [-0.3, -0.25) is 10.2 Å². The molecule has 0 saturated heterocycles. The number of hydrogen-bond donors (Lipinski definition) is 3. The fourth-order valence-electron chi connectivity index (χ4n) is 3.56. The molecule has 4 N–H and O–H groups in total. The van der Waals surface area contributed by atoms with E-state index in [1.165, 1.54) is 0 Å². The Labute approximate surface area is 184 Å². The summed E-state index contributed by atoms with van der Waals surface area (Å²) in [5.74, 6) is 0.166. The highest BCUT2D eigenvalue weighted by atomic mass is 16.5. The van der Waals surface area contributed by atoms with Gasteiger partial charge in [-0.05, 0) is 35.4 Å². The number of carbonyl (C=O) groups is 1. The SMILES string of the molecule is COc1cc(-c2cccc(C(=N)N)c2)cc2c(COc3ccccc3CC(=O)O)coc12. The van der Waals surface area contributed by atoms with Crippen LogP contribution in [0, 0.1) is 5.41 Å². The second-order valence-electron chi connectivity index (χ2n) is 7.28. The quantitative estimate of drug-likeness (QED) is 0.278. The molecule has 7 nitrogen and oxygen atoms in total. The van der Waals surface area contributed by atoms with Gasteiger partial charge in [0.2, 0.25) is 0 Å². The number of benzene rings is 3. The lowest BCUT2D eigenvalue weighted by molar-refractivity contribution is -0.136. The van der Waals surface area contributed by atoms with Gasteiger partial charge < -0.3 is 24.7 Å². The number of para-hydroxylation sites is 1. The van der Waals surface area contributed by atoms with Crippen molar-refractivity contribution in [2.45, 2.75) is 13.0 Å². The summed E-state index contributed by atoms with van der Waals surface area (Å²) >= 11 is 0. The van der Waals surface area contributed by atoms with Gasteiger partial charge in [0.1, 0.15) is 18.2 Å². The van der Waals surface area contributed by atoms with E-state index in [0.717, 1.165) is 22.1 Å². The van der Waals surface area contributed by atoms with Crippen LogP contribution in [-0.4, -0.2) is 24.0 Å². The van der Waals surface area contributed by atoms with Gasteiger partial charge in [0.05, 0.1) is 19.8 Å². The molecule has 32 heavy (non-hydrogen) atoms. The number of carboxylic acid groups (broad SMARTS) is 1. The topological polar surface area (TPSA) is 119 Å². The molecule has 0 unspecified atom stereocenters. The zero-order valence-electron chi connectivity index (χ0n) is 17.4. The monoisotopic (exact) mass is 430 g/mol. The van der Waals surface area contributed by atoms with Crippen molar-refractivity contribution in [1.29, 1.82) is 5.41 Å². The molecular formula is C25H22N2O5. The molecule has 4 rings (SSSR count). The third kappa shape index (κ3) is 4.27. The van der Waals surface area contributed by atoms with Gasteiger partial charge in [-0.2, -0.15) is 0 Å². The fourth-order valence-corrected chi connectivity index (χ4v) is 3.56. The number of ether oxygens (including phenoxy) is 2. The molecule has 7 heteroatoms. The van der Waals surface area contributed by atoms with Crippen LogP contribution < -0.4 is 15.2 Å². The fraction of sp³-hybridized carbons (Fsp3) is 0.120. The normalized spacial score (nSPS) is 10.8. The Hall–Kier alpha value is -4.26. The Bertz CT molecular complexity index is 1310. The largest absolute Gasteiger partial charge is 0.493 e. The van der Waals surface area contributed by atoms with Crippen LogP contribution in [0.15, 0.2) is 71.3 Å². The third-order valence-corrected chi connectivity index (χ3v) is 5.14. The highest BCUT2D eigenvalue weighted by molar-refractivity contribution is 5.97.